The molecule has 7 nitrogen and oxygen atoms in total. The Hall–Kier alpha value is -3.48. The van der Waals surface area contributed by atoms with Crippen LogP contribution in [-0.2, 0) is 5.41 Å². The summed E-state index contributed by atoms with van der Waals surface area (Å²) >= 11 is 0. The first-order valence-corrected chi connectivity index (χ1v) is 8.69. The van der Waals surface area contributed by atoms with Gasteiger partial charge >= 0.3 is 5.69 Å². The van der Waals surface area contributed by atoms with Crippen LogP contribution in [0.5, 0.6) is 17.2 Å². The topological polar surface area (TPSA) is 97.8 Å². The monoisotopic (exact) mass is 382 g/mol. The molecule has 0 atom stereocenters. The summed E-state index contributed by atoms with van der Waals surface area (Å²) in [6, 6.07) is 9.62. The molecule has 146 valence electrons. The number of hydrogen-bond acceptors (Lipinski definition) is 5. The van der Waals surface area contributed by atoms with E-state index in [4.69, 9.17) is 4.74 Å². The van der Waals surface area contributed by atoms with Crippen LogP contribution in [0.3, 0.4) is 0 Å². The van der Waals surface area contributed by atoms with Crippen LogP contribution in [0, 0.1) is 10.1 Å². The number of phenols is 2. The van der Waals surface area contributed by atoms with Gasteiger partial charge in [0.15, 0.2) is 5.75 Å². The van der Waals surface area contributed by atoms with E-state index in [1.807, 2.05) is 20.8 Å². The van der Waals surface area contributed by atoms with Gasteiger partial charge in [-0.25, -0.2) is 0 Å². The minimum Gasteiger partial charge on any atom is -0.508 e. The SMILES string of the molecule is COc1ccc(-c2ccn(-c3cc(C(C)(C)C)c(O)cc3O)c2)cc1[N+](=O)[O-]. The molecule has 0 aliphatic rings. The number of phenolic OH excluding ortho intramolecular Hbond substituents is 2. The van der Waals surface area contributed by atoms with Gasteiger partial charge in [0.25, 0.3) is 0 Å². The third-order valence-electron chi connectivity index (χ3n) is 4.58. The number of aromatic nitrogens is 1. The second-order valence-electron chi connectivity index (χ2n) is 7.56. The molecule has 0 aliphatic carbocycles. The van der Waals surface area contributed by atoms with Crippen molar-refractivity contribution < 1.29 is 19.9 Å². The number of nitro groups is 1. The largest absolute Gasteiger partial charge is 0.508 e. The Morgan fingerprint density at radius 2 is 1.75 bits per heavy atom. The Labute approximate surface area is 162 Å². The van der Waals surface area contributed by atoms with Gasteiger partial charge in [0.2, 0.25) is 0 Å². The zero-order chi connectivity index (χ0) is 20.6. The normalized spacial score (nSPS) is 11.4. The molecular weight excluding hydrogens is 360 g/mol. The third-order valence-corrected chi connectivity index (χ3v) is 4.58. The molecule has 2 aromatic carbocycles. The lowest BCUT2D eigenvalue weighted by atomic mass is 9.86. The van der Waals surface area contributed by atoms with Crippen LogP contribution < -0.4 is 4.74 Å². The summed E-state index contributed by atoms with van der Waals surface area (Å²) in [4.78, 5) is 10.8. The van der Waals surface area contributed by atoms with Gasteiger partial charge in [-0.3, -0.25) is 10.1 Å². The lowest BCUT2D eigenvalue weighted by Gasteiger charge is -2.22. The van der Waals surface area contributed by atoms with E-state index < -0.39 is 4.92 Å². The summed E-state index contributed by atoms with van der Waals surface area (Å²) in [5, 5.41) is 31.7. The smallest absolute Gasteiger partial charge is 0.311 e. The fourth-order valence-electron chi connectivity index (χ4n) is 3.10. The number of nitro benzene ring substituents is 1. The standard InChI is InChI=1S/C21H22N2O5/c1-21(2,3)15-10-16(19(25)11-18(15)24)22-8-7-14(12-22)13-5-6-20(28-4)17(9-13)23(26)27/h5-12,24-25H,1-4H3. The van der Waals surface area contributed by atoms with Crippen LogP contribution in [0.2, 0.25) is 0 Å². The van der Waals surface area contributed by atoms with Crippen molar-refractivity contribution in [3.63, 3.8) is 0 Å². The van der Waals surface area contributed by atoms with Crippen LogP contribution in [0.25, 0.3) is 16.8 Å². The first-order chi connectivity index (χ1) is 13.1. The van der Waals surface area contributed by atoms with Crippen molar-refractivity contribution >= 4 is 5.69 Å². The second kappa shape index (κ2) is 6.92. The molecule has 0 bridgehead atoms. The highest BCUT2D eigenvalue weighted by Gasteiger charge is 2.21. The van der Waals surface area contributed by atoms with Gasteiger partial charge in [0.1, 0.15) is 11.5 Å². The molecule has 1 aromatic heterocycles. The Kier molecular flexibility index (Phi) is 4.77. The van der Waals surface area contributed by atoms with Crippen molar-refractivity contribution in [2.75, 3.05) is 7.11 Å². The first-order valence-electron chi connectivity index (χ1n) is 8.69. The van der Waals surface area contributed by atoms with Crippen molar-refractivity contribution in [1.29, 1.82) is 0 Å². The number of hydrogen-bond donors (Lipinski definition) is 2. The fraction of sp³-hybridized carbons (Fsp3) is 0.238. The lowest BCUT2D eigenvalue weighted by Crippen LogP contribution is -2.12. The molecule has 3 rings (SSSR count). The lowest BCUT2D eigenvalue weighted by molar-refractivity contribution is -0.385. The summed E-state index contributed by atoms with van der Waals surface area (Å²) in [7, 11) is 1.39. The van der Waals surface area contributed by atoms with E-state index in [0.717, 1.165) is 5.56 Å². The highest BCUT2D eigenvalue weighted by atomic mass is 16.6. The van der Waals surface area contributed by atoms with Gasteiger partial charge in [0.05, 0.1) is 17.7 Å². The predicted molar refractivity (Wildman–Crippen MR) is 106 cm³/mol. The molecule has 0 saturated carbocycles. The van der Waals surface area contributed by atoms with E-state index in [1.54, 1.807) is 41.2 Å². The van der Waals surface area contributed by atoms with Crippen LogP contribution in [0.1, 0.15) is 26.3 Å². The van der Waals surface area contributed by atoms with E-state index >= 15 is 0 Å². The predicted octanol–water partition coefficient (Wildman–Crippen LogP) is 4.77. The molecule has 7 heteroatoms. The molecule has 2 N–H and O–H groups in total. The van der Waals surface area contributed by atoms with Crippen LogP contribution in [-0.4, -0.2) is 26.8 Å². The van der Waals surface area contributed by atoms with Crippen LogP contribution in [0.4, 0.5) is 5.69 Å². The molecule has 0 radical (unpaired) electrons. The van der Waals surface area contributed by atoms with Crippen molar-refractivity contribution in [2.24, 2.45) is 0 Å². The average molecular weight is 382 g/mol. The summed E-state index contributed by atoms with van der Waals surface area (Å²) in [6.45, 7) is 5.92. The quantitative estimate of drug-likeness (QED) is 0.500. The van der Waals surface area contributed by atoms with Gasteiger partial charge in [-0.1, -0.05) is 26.8 Å². The Morgan fingerprint density at radius 3 is 2.36 bits per heavy atom. The van der Waals surface area contributed by atoms with Crippen LogP contribution >= 0.6 is 0 Å². The number of ether oxygens (including phenoxy) is 1. The first kappa shape index (κ1) is 19.3. The molecule has 0 spiro atoms. The maximum atomic E-state index is 11.3. The fourth-order valence-corrected chi connectivity index (χ4v) is 3.10. The van der Waals surface area contributed by atoms with E-state index in [9.17, 15) is 20.3 Å². The van der Waals surface area contributed by atoms with Crippen molar-refractivity contribution in [3.8, 4) is 34.1 Å². The minimum absolute atomic E-state index is 0.0342. The summed E-state index contributed by atoms with van der Waals surface area (Å²) < 4.78 is 6.76. The Morgan fingerprint density at radius 1 is 1.04 bits per heavy atom. The van der Waals surface area contributed by atoms with Gasteiger partial charge in [-0.05, 0) is 34.7 Å². The maximum Gasteiger partial charge on any atom is 0.311 e. The van der Waals surface area contributed by atoms with E-state index in [-0.39, 0.29) is 28.4 Å². The molecule has 0 fully saturated rings. The summed E-state index contributed by atoms with van der Waals surface area (Å²) in [5.41, 5.74) is 2.19. The number of rotatable bonds is 4. The Balaban J connectivity index is 2.06. The summed E-state index contributed by atoms with van der Waals surface area (Å²) in [6.07, 6.45) is 3.52. The molecule has 0 amide bonds. The average Bonchev–Trinajstić information content (AvgIpc) is 3.09. The molecule has 0 unspecified atom stereocenters. The molecular formula is C21H22N2O5. The van der Waals surface area contributed by atoms with E-state index in [1.165, 1.54) is 19.2 Å². The molecule has 1 heterocycles. The number of nitrogens with zero attached hydrogens (tertiary/aromatic N) is 2. The molecule has 3 aromatic rings. The molecule has 28 heavy (non-hydrogen) atoms. The van der Waals surface area contributed by atoms with E-state index in [0.29, 0.717) is 16.8 Å². The number of methoxy groups -OCH3 is 1. The summed E-state index contributed by atoms with van der Waals surface area (Å²) in [5.74, 6) is 0.166. The van der Waals surface area contributed by atoms with Crippen molar-refractivity contribution in [2.45, 2.75) is 26.2 Å². The Bertz CT molecular complexity index is 1050. The molecule has 0 aliphatic heterocycles. The number of benzene rings is 2. The maximum absolute atomic E-state index is 11.3. The highest BCUT2D eigenvalue weighted by Crippen LogP contribution is 2.38. The highest BCUT2D eigenvalue weighted by molar-refractivity contribution is 5.69. The minimum atomic E-state index is -0.485. The van der Waals surface area contributed by atoms with Gasteiger partial charge in [-0.2, -0.15) is 0 Å². The number of aromatic hydroxyl groups is 2. The van der Waals surface area contributed by atoms with Gasteiger partial charge < -0.3 is 19.5 Å². The van der Waals surface area contributed by atoms with Gasteiger partial charge in [-0.15, -0.1) is 0 Å². The van der Waals surface area contributed by atoms with Gasteiger partial charge in [0, 0.05) is 30.1 Å². The van der Waals surface area contributed by atoms with Crippen LogP contribution in [0.15, 0.2) is 48.8 Å². The zero-order valence-electron chi connectivity index (χ0n) is 16.1. The van der Waals surface area contributed by atoms with Crippen molar-refractivity contribution in [1.82, 2.24) is 4.57 Å². The van der Waals surface area contributed by atoms with E-state index in [2.05, 4.69) is 0 Å². The molecule has 0 saturated heterocycles. The zero-order valence-corrected chi connectivity index (χ0v) is 16.1. The second-order valence-corrected chi connectivity index (χ2v) is 7.56. The van der Waals surface area contributed by atoms with Crippen molar-refractivity contribution in [3.05, 3.63) is 64.5 Å². The third kappa shape index (κ3) is 3.51.